The molecule has 0 spiro atoms. The minimum Gasteiger partial charge on any atom is -0.425 e. The summed E-state index contributed by atoms with van der Waals surface area (Å²) in [4.78, 5) is 14.7. The molecule has 3 rings (SSSR count). The topological polar surface area (TPSA) is 71.3 Å². The Morgan fingerprint density at radius 1 is 1.19 bits per heavy atom. The Morgan fingerprint density at radius 3 is 2.59 bits per heavy atom. The zero-order chi connectivity index (χ0) is 19.1. The lowest BCUT2D eigenvalue weighted by Crippen LogP contribution is -2.45. The quantitative estimate of drug-likeness (QED) is 0.773. The van der Waals surface area contributed by atoms with Crippen molar-refractivity contribution in [3.8, 4) is 0 Å². The van der Waals surface area contributed by atoms with Gasteiger partial charge in [0.05, 0.1) is 0 Å². The number of aromatic nitrogens is 2. The van der Waals surface area contributed by atoms with Crippen LogP contribution in [-0.4, -0.2) is 46.7 Å². The Kier molecular flexibility index (Phi) is 6.98. The van der Waals surface area contributed by atoms with E-state index in [1.165, 1.54) is 5.56 Å². The van der Waals surface area contributed by atoms with Crippen LogP contribution in [0.15, 0.2) is 34.7 Å². The van der Waals surface area contributed by atoms with Gasteiger partial charge in [0, 0.05) is 44.4 Å². The van der Waals surface area contributed by atoms with Crippen LogP contribution in [0, 0.1) is 0 Å². The number of amides is 1. The molecule has 0 aliphatic carbocycles. The van der Waals surface area contributed by atoms with Crippen LogP contribution in [0.5, 0.6) is 0 Å². The number of carbonyl (C=O) groups excluding carboxylic acids is 1. The number of nitrogens with zero attached hydrogens (tertiary/aromatic N) is 3. The number of likely N-dealkylation sites (tertiary alicyclic amines) is 1. The number of nitrogens with one attached hydrogen (secondary N) is 1. The Hall–Kier alpha value is -2.21. The van der Waals surface area contributed by atoms with Gasteiger partial charge in [-0.25, -0.2) is 0 Å². The molecule has 1 fully saturated rings. The van der Waals surface area contributed by atoms with Gasteiger partial charge >= 0.3 is 0 Å². The van der Waals surface area contributed by atoms with Crippen LogP contribution in [0.1, 0.15) is 56.4 Å². The van der Waals surface area contributed by atoms with E-state index in [-0.39, 0.29) is 17.9 Å². The standard InChI is InChI=1S/C21H30N4O2/c1-16(2)21-24-23-20(27-21)9-8-19(26)22-18-11-14-25(15-12-18)13-10-17-6-4-3-5-7-17/h3-7,16,18H,8-15H2,1-2H3,(H,22,26). The molecule has 1 aliphatic rings. The Bertz CT molecular complexity index is 706. The van der Waals surface area contributed by atoms with E-state index in [4.69, 9.17) is 4.42 Å². The van der Waals surface area contributed by atoms with E-state index in [2.05, 4.69) is 50.7 Å². The molecule has 1 saturated heterocycles. The molecule has 0 unspecified atom stereocenters. The van der Waals surface area contributed by atoms with Crippen LogP contribution in [-0.2, 0) is 17.6 Å². The summed E-state index contributed by atoms with van der Waals surface area (Å²) in [6, 6.07) is 10.9. The number of hydrogen-bond acceptors (Lipinski definition) is 5. The highest BCUT2D eigenvalue weighted by molar-refractivity contribution is 5.76. The first-order valence-electron chi connectivity index (χ1n) is 9.98. The van der Waals surface area contributed by atoms with Crippen molar-refractivity contribution in [1.29, 1.82) is 0 Å². The van der Waals surface area contributed by atoms with E-state index in [1.54, 1.807) is 0 Å². The van der Waals surface area contributed by atoms with Crippen LogP contribution < -0.4 is 5.32 Å². The van der Waals surface area contributed by atoms with Gasteiger partial charge in [0.15, 0.2) is 0 Å². The smallest absolute Gasteiger partial charge is 0.220 e. The zero-order valence-corrected chi connectivity index (χ0v) is 16.4. The lowest BCUT2D eigenvalue weighted by atomic mass is 10.0. The molecule has 1 aromatic carbocycles. The van der Waals surface area contributed by atoms with Crippen molar-refractivity contribution in [2.45, 2.75) is 57.9 Å². The fourth-order valence-electron chi connectivity index (χ4n) is 3.35. The van der Waals surface area contributed by atoms with Gasteiger partial charge in [0.2, 0.25) is 17.7 Å². The van der Waals surface area contributed by atoms with Crippen molar-refractivity contribution in [2.75, 3.05) is 19.6 Å². The van der Waals surface area contributed by atoms with E-state index in [1.807, 2.05) is 13.8 Å². The molecule has 0 saturated carbocycles. The van der Waals surface area contributed by atoms with Gasteiger partial charge in [0.25, 0.3) is 0 Å². The highest BCUT2D eigenvalue weighted by atomic mass is 16.4. The summed E-state index contributed by atoms with van der Waals surface area (Å²) in [7, 11) is 0. The number of carbonyl (C=O) groups is 1. The molecule has 1 amide bonds. The number of piperidine rings is 1. The first kappa shape index (κ1) is 19.5. The fourth-order valence-corrected chi connectivity index (χ4v) is 3.35. The first-order valence-corrected chi connectivity index (χ1v) is 9.98. The van der Waals surface area contributed by atoms with E-state index in [0.717, 1.165) is 38.9 Å². The van der Waals surface area contributed by atoms with Gasteiger partial charge in [0.1, 0.15) is 0 Å². The van der Waals surface area contributed by atoms with Crippen LogP contribution in [0.25, 0.3) is 0 Å². The molecule has 0 atom stereocenters. The van der Waals surface area contributed by atoms with Crippen molar-refractivity contribution in [1.82, 2.24) is 20.4 Å². The predicted molar refractivity (Wildman–Crippen MR) is 104 cm³/mol. The third kappa shape index (κ3) is 6.17. The number of aryl methyl sites for hydroxylation is 1. The molecule has 2 heterocycles. The average molecular weight is 370 g/mol. The summed E-state index contributed by atoms with van der Waals surface area (Å²) in [5.41, 5.74) is 1.38. The van der Waals surface area contributed by atoms with Crippen molar-refractivity contribution in [2.24, 2.45) is 0 Å². The largest absolute Gasteiger partial charge is 0.425 e. The lowest BCUT2D eigenvalue weighted by molar-refractivity contribution is -0.122. The third-order valence-corrected chi connectivity index (χ3v) is 5.05. The minimum atomic E-state index is 0.0713. The van der Waals surface area contributed by atoms with Gasteiger partial charge in [-0.3, -0.25) is 4.79 Å². The molecule has 1 N–H and O–H groups in total. The van der Waals surface area contributed by atoms with Gasteiger partial charge in [-0.1, -0.05) is 44.2 Å². The molecule has 2 aromatic rings. The second-order valence-electron chi connectivity index (χ2n) is 7.61. The number of benzene rings is 1. The van der Waals surface area contributed by atoms with E-state index < -0.39 is 0 Å². The molecule has 146 valence electrons. The molecule has 1 aromatic heterocycles. The molecule has 6 nitrogen and oxygen atoms in total. The summed E-state index contributed by atoms with van der Waals surface area (Å²) in [6.07, 6.45) is 4.01. The highest BCUT2D eigenvalue weighted by Crippen LogP contribution is 2.14. The molecule has 27 heavy (non-hydrogen) atoms. The SMILES string of the molecule is CC(C)c1nnc(CCC(=O)NC2CCN(CCc3ccccc3)CC2)o1. The minimum absolute atomic E-state index is 0.0713. The monoisotopic (exact) mass is 370 g/mol. The van der Waals surface area contributed by atoms with Crippen molar-refractivity contribution < 1.29 is 9.21 Å². The first-order chi connectivity index (χ1) is 13.1. The number of hydrogen-bond donors (Lipinski definition) is 1. The molecular formula is C21H30N4O2. The molecule has 0 radical (unpaired) electrons. The summed E-state index contributed by atoms with van der Waals surface area (Å²) in [6.45, 7) is 7.19. The Morgan fingerprint density at radius 2 is 1.93 bits per heavy atom. The lowest BCUT2D eigenvalue weighted by Gasteiger charge is -2.32. The van der Waals surface area contributed by atoms with Crippen molar-refractivity contribution >= 4 is 5.91 Å². The maximum Gasteiger partial charge on any atom is 0.220 e. The van der Waals surface area contributed by atoms with Crippen LogP contribution in [0.3, 0.4) is 0 Å². The molecule has 6 heteroatoms. The van der Waals surface area contributed by atoms with E-state index in [0.29, 0.717) is 24.6 Å². The summed E-state index contributed by atoms with van der Waals surface area (Å²) < 4.78 is 5.55. The second-order valence-corrected chi connectivity index (χ2v) is 7.61. The average Bonchev–Trinajstić information content (AvgIpc) is 3.16. The zero-order valence-electron chi connectivity index (χ0n) is 16.4. The van der Waals surface area contributed by atoms with Crippen LogP contribution in [0.2, 0.25) is 0 Å². The van der Waals surface area contributed by atoms with Crippen LogP contribution in [0.4, 0.5) is 0 Å². The summed E-state index contributed by atoms with van der Waals surface area (Å²) >= 11 is 0. The molecular weight excluding hydrogens is 340 g/mol. The van der Waals surface area contributed by atoms with Gasteiger partial charge in [-0.15, -0.1) is 10.2 Å². The summed E-state index contributed by atoms with van der Waals surface area (Å²) in [5.74, 6) is 1.46. The molecule has 1 aliphatic heterocycles. The van der Waals surface area contributed by atoms with Crippen molar-refractivity contribution in [3.63, 3.8) is 0 Å². The maximum absolute atomic E-state index is 12.2. The summed E-state index contributed by atoms with van der Waals surface area (Å²) in [5, 5.41) is 11.2. The fraction of sp³-hybridized carbons (Fsp3) is 0.571. The third-order valence-electron chi connectivity index (χ3n) is 5.05. The second kappa shape index (κ2) is 9.65. The predicted octanol–water partition coefficient (Wildman–Crippen LogP) is 2.95. The van der Waals surface area contributed by atoms with Gasteiger partial charge < -0.3 is 14.6 Å². The van der Waals surface area contributed by atoms with Crippen molar-refractivity contribution in [3.05, 3.63) is 47.7 Å². The highest BCUT2D eigenvalue weighted by Gasteiger charge is 2.20. The van der Waals surface area contributed by atoms with Gasteiger partial charge in [-0.2, -0.15) is 0 Å². The Balaban J connectivity index is 1.33. The van der Waals surface area contributed by atoms with Gasteiger partial charge in [-0.05, 0) is 24.8 Å². The maximum atomic E-state index is 12.2. The van der Waals surface area contributed by atoms with Crippen LogP contribution >= 0.6 is 0 Å². The van der Waals surface area contributed by atoms with E-state index >= 15 is 0 Å². The molecule has 0 bridgehead atoms. The Labute approximate surface area is 161 Å². The van der Waals surface area contributed by atoms with E-state index in [9.17, 15) is 4.79 Å². The number of rotatable bonds is 8. The normalized spacial score (nSPS) is 16.0.